The van der Waals surface area contributed by atoms with Gasteiger partial charge in [-0.3, -0.25) is 4.79 Å². The third-order valence-electron chi connectivity index (χ3n) is 2.60. The van der Waals surface area contributed by atoms with E-state index in [0.717, 1.165) is 19.4 Å². The predicted molar refractivity (Wildman–Crippen MR) is 51.7 cm³/mol. The standard InChI is InChI=1S/C10H17NO3/c1-8(13)4-5-10(14)11-6-2-3-9(11)7-12/h9,12H,2-7H2,1H3/t9-/m0/s1. The molecule has 0 spiro atoms. The molecule has 0 unspecified atom stereocenters. The zero-order chi connectivity index (χ0) is 10.6. The molecule has 1 amide bonds. The second kappa shape index (κ2) is 5.10. The Hall–Kier alpha value is -0.900. The van der Waals surface area contributed by atoms with Crippen LogP contribution in [0.15, 0.2) is 0 Å². The summed E-state index contributed by atoms with van der Waals surface area (Å²) in [5.74, 6) is 0.0369. The van der Waals surface area contributed by atoms with Gasteiger partial charge in [-0.05, 0) is 19.8 Å². The number of carbonyl (C=O) groups is 2. The van der Waals surface area contributed by atoms with Gasteiger partial charge in [-0.1, -0.05) is 0 Å². The minimum Gasteiger partial charge on any atom is -0.394 e. The Morgan fingerprint density at radius 2 is 2.14 bits per heavy atom. The van der Waals surface area contributed by atoms with Crippen LogP contribution in [0, 0.1) is 0 Å². The number of aliphatic hydroxyl groups is 1. The average molecular weight is 199 g/mol. The lowest BCUT2D eigenvalue weighted by molar-refractivity contribution is -0.134. The van der Waals surface area contributed by atoms with Gasteiger partial charge in [-0.15, -0.1) is 0 Å². The van der Waals surface area contributed by atoms with Crippen molar-refractivity contribution in [1.29, 1.82) is 0 Å². The Labute approximate surface area is 83.9 Å². The highest BCUT2D eigenvalue weighted by atomic mass is 16.3. The molecule has 1 aliphatic rings. The Bertz CT molecular complexity index is 227. The molecule has 4 heteroatoms. The molecule has 0 aromatic heterocycles. The van der Waals surface area contributed by atoms with Crippen LogP contribution < -0.4 is 0 Å². The number of likely N-dealkylation sites (tertiary alicyclic amines) is 1. The fourth-order valence-corrected chi connectivity index (χ4v) is 1.78. The highest BCUT2D eigenvalue weighted by molar-refractivity contribution is 5.83. The van der Waals surface area contributed by atoms with E-state index in [-0.39, 0.29) is 30.8 Å². The van der Waals surface area contributed by atoms with Crippen molar-refractivity contribution in [2.75, 3.05) is 13.2 Å². The van der Waals surface area contributed by atoms with Crippen molar-refractivity contribution in [1.82, 2.24) is 4.90 Å². The van der Waals surface area contributed by atoms with Gasteiger partial charge in [-0.25, -0.2) is 0 Å². The van der Waals surface area contributed by atoms with Crippen molar-refractivity contribution in [3.05, 3.63) is 0 Å². The monoisotopic (exact) mass is 199 g/mol. The summed E-state index contributed by atoms with van der Waals surface area (Å²) >= 11 is 0. The van der Waals surface area contributed by atoms with Gasteiger partial charge in [-0.2, -0.15) is 0 Å². The van der Waals surface area contributed by atoms with E-state index >= 15 is 0 Å². The Kier molecular flexibility index (Phi) is 4.07. The fraction of sp³-hybridized carbons (Fsp3) is 0.800. The summed E-state index contributed by atoms with van der Waals surface area (Å²) in [4.78, 5) is 24.0. The van der Waals surface area contributed by atoms with E-state index in [2.05, 4.69) is 0 Å². The van der Waals surface area contributed by atoms with E-state index in [9.17, 15) is 9.59 Å². The minimum absolute atomic E-state index is 0.00301. The number of ketones is 1. The first-order valence-electron chi connectivity index (χ1n) is 5.05. The van der Waals surface area contributed by atoms with Gasteiger partial charge < -0.3 is 14.8 Å². The molecule has 1 heterocycles. The van der Waals surface area contributed by atoms with E-state index in [1.807, 2.05) is 0 Å². The third-order valence-corrected chi connectivity index (χ3v) is 2.60. The molecule has 0 aliphatic carbocycles. The molecule has 1 atom stereocenters. The van der Waals surface area contributed by atoms with Crippen LogP contribution in [-0.4, -0.2) is 40.9 Å². The van der Waals surface area contributed by atoms with E-state index in [1.165, 1.54) is 6.92 Å². The highest BCUT2D eigenvalue weighted by Gasteiger charge is 2.27. The molecular formula is C10H17NO3. The van der Waals surface area contributed by atoms with Gasteiger partial charge >= 0.3 is 0 Å². The first-order valence-corrected chi connectivity index (χ1v) is 5.05. The molecule has 0 aromatic carbocycles. The number of aliphatic hydroxyl groups excluding tert-OH is 1. The van der Waals surface area contributed by atoms with Gasteiger partial charge in [0.05, 0.1) is 12.6 Å². The summed E-state index contributed by atoms with van der Waals surface area (Å²) in [6.45, 7) is 2.24. The molecule has 80 valence electrons. The van der Waals surface area contributed by atoms with Crippen molar-refractivity contribution < 1.29 is 14.7 Å². The van der Waals surface area contributed by atoms with Crippen LogP contribution in [0.2, 0.25) is 0 Å². The van der Waals surface area contributed by atoms with Crippen molar-refractivity contribution in [3.63, 3.8) is 0 Å². The summed E-state index contributed by atoms with van der Waals surface area (Å²) in [7, 11) is 0. The van der Waals surface area contributed by atoms with E-state index in [1.54, 1.807) is 4.90 Å². The highest BCUT2D eigenvalue weighted by Crippen LogP contribution is 2.17. The van der Waals surface area contributed by atoms with Gasteiger partial charge in [0.25, 0.3) is 0 Å². The molecule has 0 aromatic rings. The number of carbonyl (C=O) groups excluding carboxylic acids is 2. The molecule has 1 fully saturated rings. The molecule has 0 bridgehead atoms. The Balaban J connectivity index is 2.39. The lowest BCUT2D eigenvalue weighted by atomic mass is 10.2. The molecule has 4 nitrogen and oxygen atoms in total. The number of Topliss-reactive ketones (excluding diaryl/α,β-unsaturated/α-hetero) is 1. The Morgan fingerprint density at radius 3 is 2.71 bits per heavy atom. The molecule has 0 radical (unpaired) electrons. The first kappa shape index (κ1) is 11.2. The first-order chi connectivity index (χ1) is 6.65. The number of hydrogen-bond donors (Lipinski definition) is 1. The van der Waals surface area contributed by atoms with Gasteiger partial charge in [0, 0.05) is 19.4 Å². The summed E-state index contributed by atoms with van der Waals surface area (Å²) in [5, 5.41) is 9.00. The summed E-state index contributed by atoms with van der Waals surface area (Å²) in [6, 6.07) is -0.0190. The largest absolute Gasteiger partial charge is 0.394 e. The maximum Gasteiger partial charge on any atom is 0.223 e. The Morgan fingerprint density at radius 1 is 1.43 bits per heavy atom. The zero-order valence-electron chi connectivity index (χ0n) is 8.53. The summed E-state index contributed by atoms with van der Waals surface area (Å²) < 4.78 is 0. The number of rotatable bonds is 4. The molecule has 1 aliphatic heterocycles. The van der Waals surface area contributed by atoms with Gasteiger partial charge in [0.15, 0.2) is 0 Å². The van der Waals surface area contributed by atoms with E-state index < -0.39 is 0 Å². The fourth-order valence-electron chi connectivity index (χ4n) is 1.78. The summed E-state index contributed by atoms with van der Waals surface area (Å²) in [5.41, 5.74) is 0. The normalized spacial score (nSPS) is 21.3. The van der Waals surface area contributed by atoms with Gasteiger partial charge in [0.1, 0.15) is 5.78 Å². The van der Waals surface area contributed by atoms with Crippen LogP contribution in [-0.2, 0) is 9.59 Å². The van der Waals surface area contributed by atoms with E-state index in [4.69, 9.17) is 5.11 Å². The topological polar surface area (TPSA) is 57.6 Å². The SMILES string of the molecule is CC(=O)CCC(=O)N1CCC[C@H]1CO. The number of amides is 1. The molecule has 14 heavy (non-hydrogen) atoms. The molecule has 1 N–H and O–H groups in total. The number of nitrogens with zero attached hydrogens (tertiary/aromatic N) is 1. The van der Waals surface area contributed by atoms with Crippen LogP contribution in [0.1, 0.15) is 32.6 Å². The van der Waals surface area contributed by atoms with Crippen molar-refractivity contribution in [3.8, 4) is 0 Å². The van der Waals surface area contributed by atoms with Crippen LogP contribution >= 0.6 is 0 Å². The average Bonchev–Trinajstić information content (AvgIpc) is 2.61. The van der Waals surface area contributed by atoms with Gasteiger partial charge in [0.2, 0.25) is 5.91 Å². The van der Waals surface area contributed by atoms with Crippen molar-refractivity contribution in [2.24, 2.45) is 0 Å². The van der Waals surface area contributed by atoms with Crippen LogP contribution in [0.3, 0.4) is 0 Å². The third kappa shape index (κ3) is 2.80. The van der Waals surface area contributed by atoms with Crippen molar-refractivity contribution in [2.45, 2.75) is 38.6 Å². The lowest BCUT2D eigenvalue weighted by Gasteiger charge is -2.22. The predicted octanol–water partition coefficient (Wildman–Crippen LogP) is 0.339. The molecule has 0 saturated carbocycles. The second-order valence-corrected chi connectivity index (χ2v) is 3.77. The molecule has 1 rings (SSSR count). The van der Waals surface area contributed by atoms with Crippen LogP contribution in [0.4, 0.5) is 0 Å². The molecule has 1 saturated heterocycles. The van der Waals surface area contributed by atoms with Crippen LogP contribution in [0.5, 0.6) is 0 Å². The lowest BCUT2D eigenvalue weighted by Crippen LogP contribution is -2.37. The summed E-state index contributed by atoms with van der Waals surface area (Å²) in [6.07, 6.45) is 2.43. The van der Waals surface area contributed by atoms with E-state index in [0.29, 0.717) is 6.42 Å². The smallest absolute Gasteiger partial charge is 0.223 e. The minimum atomic E-state index is -0.0190. The molecular weight excluding hydrogens is 182 g/mol. The maximum atomic E-state index is 11.6. The zero-order valence-corrected chi connectivity index (χ0v) is 8.53. The quantitative estimate of drug-likeness (QED) is 0.710. The number of hydrogen-bond acceptors (Lipinski definition) is 3. The second-order valence-electron chi connectivity index (χ2n) is 3.77. The maximum absolute atomic E-state index is 11.6. The van der Waals surface area contributed by atoms with Crippen LogP contribution in [0.25, 0.3) is 0 Å². The van der Waals surface area contributed by atoms with Crippen molar-refractivity contribution >= 4 is 11.7 Å².